The van der Waals surface area contributed by atoms with Gasteiger partial charge in [-0.1, -0.05) is 11.6 Å². The number of anilines is 1. The summed E-state index contributed by atoms with van der Waals surface area (Å²) in [5.74, 6) is 1.26. The molecule has 1 N–H and O–H groups in total. The Kier molecular flexibility index (Phi) is 6.45. The number of methoxy groups -OCH3 is 2. The van der Waals surface area contributed by atoms with Gasteiger partial charge in [0, 0.05) is 25.2 Å². The molecule has 0 saturated carbocycles. The lowest BCUT2D eigenvalue weighted by Gasteiger charge is -2.17. The van der Waals surface area contributed by atoms with Gasteiger partial charge in [0.1, 0.15) is 11.9 Å². The minimum absolute atomic E-state index is 0.0254. The first-order valence-electron chi connectivity index (χ1n) is 9.13. The lowest BCUT2D eigenvalue weighted by atomic mass is 10.2. The topological polar surface area (TPSA) is 77.1 Å². The quantitative estimate of drug-likeness (QED) is 0.709. The molecule has 158 valence electrons. The molecule has 1 heterocycles. The second-order valence-electron chi connectivity index (χ2n) is 7.01. The Morgan fingerprint density at radius 3 is 2.41 bits per heavy atom. The van der Waals surface area contributed by atoms with Crippen LogP contribution in [0.3, 0.4) is 0 Å². The smallest absolute Gasteiger partial charge is 0.262 e. The maximum Gasteiger partial charge on any atom is 0.262 e. The van der Waals surface area contributed by atoms with Crippen molar-refractivity contribution in [2.24, 2.45) is 0 Å². The van der Waals surface area contributed by atoms with Crippen LogP contribution >= 0.6 is 11.6 Å². The molecule has 1 unspecified atom stereocenters. The van der Waals surface area contributed by atoms with Crippen molar-refractivity contribution < 1.29 is 22.6 Å². The van der Waals surface area contributed by atoms with Gasteiger partial charge in [0.2, 0.25) is 0 Å². The summed E-state index contributed by atoms with van der Waals surface area (Å²) in [6, 6.07) is 7.89. The molecule has 0 aliphatic carbocycles. The van der Waals surface area contributed by atoms with Crippen LogP contribution in [-0.4, -0.2) is 53.8 Å². The van der Waals surface area contributed by atoms with Crippen molar-refractivity contribution in [2.75, 3.05) is 39.1 Å². The predicted octanol–water partition coefficient (Wildman–Crippen LogP) is 3.55. The number of benzene rings is 2. The molecule has 2 aromatic carbocycles. The normalized spacial score (nSPS) is 17.2. The first-order valence-corrected chi connectivity index (χ1v) is 11.0. The van der Waals surface area contributed by atoms with Crippen LogP contribution in [0.2, 0.25) is 5.02 Å². The van der Waals surface area contributed by atoms with Crippen LogP contribution in [0.5, 0.6) is 17.2 Å². The van der Waals surface area contributed by atoms with Gasteiger partial charge in [0.25, 0.3) is 10.0 Å². The Morgan fingerprint density at radius 1 is 1.10 bits per heavy atom. The molecule has 1 aliphatic heterocycles. The Balaban J connectivity index is 1.86. The number of rotatable bonds is 7. The molecule has 0 aromatic heterocycles. The summed E-state index contributed by atoms with van der Waals surface area (Å²) in [4.78, 5) is 2.27. The van der Waals surface area contributed by atoms with Gasteiger partial charge < -0.3 is 19.1 Å². The number of aryl methyl sites for hydroxylation is 1. The highest BCUT2D eigenvalue weighted by Crippen LogP contribution is 2.34. The van der Waals surface area contributed by atoms with E-state index in [2.05, 4.69) is 9.62 Å². The van der Waals surface area contributed by atoms with Gasteiger partial charge in [-0.25, -0.2) is 8.42 Å². The van der Waals surface area contributed by atoms with E-state index in [0.717, 1.165) is 19.5 Å². The van der Waals surface area contributed by atoms with E-state index in [0.29, 0.717) is 33.5 Å². The Bertz CT molecular complexity index is 997. The number of nitrogens with one attached hydrogen (secondary N) is 1. The number of hydrogen-bond acceptors (Lipinski definition) is 6. The monoisotopic (exact) mass is 440 g/mol. The Labute approximate surface area is 176 Å². The summed E-state index contributed by atoms with van der Waals surface area (Å²) in [6.07, 6.45) is 0.922. The zero-order valence-electron chi connectivity index (χ0n) is 16.9. The second kappa shape index (κ2) is 8.69. The highest BCUT2D eigenvalue weighted by molar-refractivity contribution is 7.92. The fourth-order valence-corrected chi connectivity index (χ4v) is 4.74. The number of ether oxygens (including phenoxy) is 3. The molecule has 0 bridgehead atoms. The molecule has 1 saturated heterocycles. The standard InChI is InChI=1S/C20H25ClN2O5S/c1-13-9-18(26-3)19(27-4)11-20(13)29(24,25)22-14-5-6-16(21)17(10-14)28-15-7-8-23(2)12-15/h5-6,9-11,15,22H,7-8,12H2,1-4H3. The van der Waals surface area contributed by atoms with Gasteiger partial charge in [-0.2, -0.15) is 0 Å². The van der Waals surface area contributed by atoms with Crippen molar-refractivity contribution in [1.29, 1.82) is 0 Å². The van der Waals surface area contributed by atoms with Crippen LogP contribution in [0, 0.1) is 6.92 Å². The summed E-state index contributed by atoms with van der Waals surface area (Å²) < 4.78 is 45.0. The Hall–Kier alpha value is -2.16. The van der Waals surface area contributed by atoms with Crippen molar-refractivity contribution in [3.63, 3.8) is 0 Å². The van der Waals surface area contributed by atoms with Gasteiger partial charge in [-0.3, -0.25) is 4.72 Å². The highest BCUT2D eigenvalue weighted by atomic mass is 35.5. The predicted molar refractivity (Wildman–Crippen MR) is 113 cm³/mol. The van der Waals surface area contributed by atoms with Crippen LogP contribution in [0.4, 0.5) is 5.69 Å². The van der Waals surface area contributed by atoms with E-state index in [4.69, 9.17) is 25.8 Å². The van der Waals surface area contributed by atoms with Crippen LogP contribution in [0.25, 0.3) is 0 Å². The largest absolute Gasteiger partial charge is 0.493 e. The minimum Gasteiger partial charge on any atom is -0.493 e. The van der Waals surface area contributed by atoms with Gasteiger partial charge in [0.05, 0.1) is 29.8 Å². The molecule has 0 amide bonds. The van der Waals surface area contributed by atoms with Gasteiger partial charge in [-0.05, 0) is 44.2 Å². The zero-order valence-corrected chi connectivity index (χ0v) is 18.4. The number of hydrogen-bond donors (Lipinski definition) is 1. The second-order valence-corrected chi connectivity index (χ2v) is 9.07. The van der Waals surface area contributed by atoms with E-state index in [9.17, 15) is 8.42 Å². The van der Waals surface area contributed by atoms with Gasteiger partial charge >= 0.3 is 0 Å². The molecule has 3 rings (SSSR count). The van der Waals surface area contributed by atoms with Crippen molar-refractivity contribution in [2.45, 2.75) is 24.3 Å². The molecular formula is C20H25ClN2O5S. The number of sulfonamides is 1. The zero-order chi connectivity index (χ0) is 21.2. The van der Waals surface area contributed by atoms with Crippen molar-refractivity contribution in [1.82, 2.24) is 4.90 Å². The van der Waals surface area contributed by atoms with Crippen LogP contribution < -0.4 is 18.9 Å². The third kappa shape index (κ3) is 4.88. The third-order valence-electron chi connectivity index (χ3n) is 4.80. The number of halogens is 1. The van der Waals surface area contributed by atoms with Gasteiger partial charge in [0.15, 0.2) is 11.5 Å². The molecule has 1 aliphatic rings. The Morgan fingerprint density at radius 2 is 1.79 bits per heavy atom. The van der Waals surface area contributed by atoms with E-state index < -0.39 is 10.0 Å². The molecule has 0 spiro atoms. The first kappa shape index (κ1) is 21.5. The summed E-state index contributed by atoms with van der Waals surface area (Å²) in [7, 11) is 1.13. The third-order valence-corrected chi connectivity index (χ3v) is 6.63. The average Bonchev–Trinajstić information content (AvgIpc) is 3.08. The highest BCUT2D eigenvalue weighted by Gasteiger charge is 2.23. The molecule has 29 heavy (non-hydrogen) atoms. The fraction of sp³-hybridized carbons (Fsp3) is 0.400. The number of nitrogens with zero attached hydrogens (tertiary/aromatic N) is 1. The summed E-state index contributed by atoms with van der Waals surface area (Å²) >= 11 is 6.25. The molecule has 0 radical (unpaired) electrons. The van der Waals surface area contributed by atoms with E-state index in [1.807, 2.05) is 7.05 Å². The first-order chi connectivity index (χ1) is 13.7. The van der Waals surface area contributed by atoms with Crippen LogP contribution in [0.1, 0.15) is 12.0 Å². The summed E-state index contributed by atoms with van der Waals surface area (Å²) in [6.45, 7) is 3.45. The van der Waals surface area contributed by atoms with E-state index >= 15 is 0 Å². The molecular weight excluding hydrogens is 416 g/mol. The lowest BCUT2D eigenvalue weighted by molar-refractivity contribution is 0.208. The minimum atomic E-state index is -3.86. The van der Waals surface area contributed by atoms with E-state index in [1.165, 1.54) is 20.3 Å². The molecule has 9 heteroatoms. The molecule has 1 fully saturated rings. The average molecular weight is 441 g/mol. The molecule has 1 atom stereocenters. The molecule has 2 aromatic rings. The van der Waals surface area contributed by atoms with Crippen LogP contribution in [-0.2, 0) is 10.0 Å². The number of likely N-dealkylation sites (tertiary alicyclic amines) is 1. The van der Waals surface area contributed by atoms with E-state index in [-0.39, 0.29) is 11.0 Å². The maximum atomic E-state index is 13.0. The maximum absolute atomic E-state index is 13.0. The SMILES string of the molecule is COc1cc(C)c(S(=O)(=O)Nc2ccc(Cl)c(OC3CCN(C)C3)c2)cc1OC. The van der Waals surface area contributed by atoms with Crippen molar-refractivity contribution >= 4 is 27.3 Å². The fourth-order valence-electron chi connectivity index (χ4n) is 3.29. The molecule has 7 nitrogen and oxygen atoms in total. The summed E-state index contributed by atoms with van der Waals surface area (Å²) in [5.41, 5.74) is 0.902. The summed E-state index contributed by atoms with van der Waals surface area (Å²) in [5, 5.41) is 0.435. The van der Waals surface area contributed by atoms with Gasteiger partial charge in [-0.15, -0.1) is 0 Å². The van der Waals surface area contributed by atoms with Crippen molar-refractivity contribution in [3.8, 4) is 17.2 Å². The van der Waals surface area contributed by atoms with E-state index in [1.54, 1.807) is 31.2 Å². The lowest BCUT2D eigenvalue weighted by Crippen LogP contribution is -2.21. The number of likely N-dealkylation sites (N-methyl/N-ethyl adjacent to an activating group) is 1. The van der Waals surface area contributed by atoms with Crippen molar-refractivity contribution in [3.05, 3.63) is 40.9 Å². The van der Waals surface area contributed by atoms with Crippen LogP contribution in [0.15, 0.2) is 35.2 Å².